The maximum absolute atomic E-state index is 13.6. The zero-order chi connectivity index (χ0) is 31.8. The highest BCUT2D eigenvalue weighted by Gasteiger charge is 2.23. The normalized spacial score (nSPS) is 12.8. The number of carbonyl (C=O) groups excluding carboxylic acids is 2. The van der Waals surface area contributed by atoms with Gasteiger partial charge in [0, 0.05) is 37.4 Å². The van der Waals surface area contributed by atoms with Crippen molar-refractivity contribution in [2.75, 3.05) is 50.4 Å². The highest BCUT2D eigenvalue weighted by molar-refractivity contribution is 7.92. The van der Waals surface area contributed by atoms with Crippen molar-refractivity contribution in [2.24, 2.45) is 0 Å². The number of anilines is 2. The van der Waals surface area contributed by atoms with Gasteiger partial charge < -0.3 is 25.0 Å². The number of likely N-dealkylation sites (tertiary alicyclic amines) is 1. The first kappa shape index (κ1) is 31.4. The van der Waals surface area contributed by atoms with E-state index in [0.717, 1.165) is 31.5 Å². The minimum atomic E-state index is -4.06. The van der Waals surface area contributed by atoms with Gasteiger partial charge in [-0.1, -0.05) is 36.4 Å². The van der Waals surface area contributed by atoms with Gasteiger partial charge in [0.2, 0.25) is 0 Å². The molecule has 1 fully saturated rings. The number of carbonyl (C=O) groups is 2. The third-order valence-corrected chi connectivity index (χ3v) is 8.90. The van der Waals surface area contributed by atoms with Gasteiger partial charge >= 0.3 is 0 Å². The summed E-state index contributed by atoms with van der Waals surface area (Å²) in [5, 5.41) is 6.04. The lowest BCUT2D eigenvalue weighted by atomic mass is 10.0. The number of methoxy groups -OCH3 is 2. The molecule has 5 rings (SSSR count). The van der Waals surface area contributed by atoms with Gasteiger partial charge in [0.1, 0.15) is 16.4 Å². The number of nitrogens with one attached hydrogen (secondary N) is 3. The van der Waals surface area contributed by atoms with Gasteiger partial charge in [-0.15, -0.1) is 0 Å². The number of amides is 2. The molecule has 45 heavy (non-hydrogen) atoms. The van der Waals surface area contributed by atoms with E-state index in [4.69, 9.17) is 9.47 Å². The molecule has 11 heteroatoms. The zero-order valence-electron chi connectivity index (χ0n) is 25.2. The molecule has 4 aromatic rings. The van der Waals surface area contributed by atoms with Crippen LogP contribution in [-0.4, -0.2) is 65.5 Å². The van der Waals surface area contributed by atoms with Crippen molar-refractivity contribution in [1.82, 2.24) is 10.2 Å². The molecule has 3 N–H and O–H groups in total. The van der Waals surface area contributed by atoms with E-state index < -0.39 is 10.0 Å². The van der Waals surface area contributed by atoms with Crippen LogP contribution in [0, 0.1) is 0 Å². The minimum Gasteiger partial charge on any atom is -0.496 e. The van der Waals surface area contributed by atoms with Gasteiger partial charge in [-0.3, -0.25) is 14.3 Å². The number of benzene rings is 4. The summed E-state index contributed by atoms with van der Waals surface area (Å²) in [4.78, 5) is 27.3. The Morgan fingerprint density at radius 2 is 1.47 bits per heavy atom. The number of hydrogen-bond donors (Lipinski definition) is 3. The molecule has 1 aliphatic rings. The zero-order valence-corrected chi connectivity index (χ0v) is 26.0. The summed E-state index contributed by atoms with van der Waals surface area (Å²) in [6.07, 6.45) is 2.00. The van der Waals surface area contributed by atoms with Gasteiger partial charge in [0.15, 0.2) is 0 Å². The van der Waals surface area contributed by atoms with Crippen LogP contribution in [0.5, 0.6) is 11.5 Å². The first-order valence-electron chi connectivity index (χ1n) is 14.6. The molecule has 1 saturated heterocycles. The average Bonchev–Trinajstić information content (AvgIpc) is 3.61. The smallest absolute Gasteiger partial charge is 0.265 e. The number of hydrogen-bond acceptors (Lipinski definition) is 7. The molecule has 0 saturated carbocycles. The molecule has 1 heterocycles. The van der Waals surface area contributed by atoms with Gasteiger partial charge in [0.25, 0.3) is 21.8 Å². The number of ether oxygens (including phenoxy) is 2. The molecule has 0 spiro atoms. The molecule has 0 bridgehead atoms. The monoisotopic (exact) mass is 628 g/mol. The SMILES string of the molecule is COc1ccccc1C(=O)NCCNc1cccc(NS(=O)(=O)c2cc(-c3cccc(C(=O)N4CCCC4)c3)ccc2OC)c1. The van der Waals surface area contributed by atoms with Gasteiger partial charge in [-0.2, -0.15) is 0 Å². The first-order chi connectivity index (χ1) is 21.8. The quantitative estimate of drug-likeness (QED) is 0.183. The predicted molar refractivity (Wildman–Crippen MR) is 175 cm³/mol. The Bertz CT molecular complexity index is 1790. The van der Waals surface area contributed by atoms with E-state index in [1.165, 1.54) is 14.2 Å². The second-order valence-corrected chi connectivity index (χ2v) is 12.2. The topological polar surface area (TPSA) is 126 Å². The Kier molecular flexibility index (Phi) is 9.89. The van der Waals surface area contributed by atoms with Crippen molar-refractivity contribution in [2.45, 2.75) is 17.7 Å². The summed E-state index contributed by atoms with van der Waals surface area (Å²) in [6, 6.07) is 26.0. The Morgan fingerprint density at radius 1 is 0.756 bits per heavy atom. The van der Waals surface area contributed by atoms with Crippen molar-refractivity contribution in [1.29, 1.82) is 0 Å². The summed E-state index contributed by atoms with van der Waals surface area (Å²) in [5.41, 5.74) is 3.39. The minimum absolute atomic E-state index is 0.0235. The van der Waals surface area contributed by atoms with Crippen molar-refractivity contribution in [3.8, 4) is 22.6 Å². The fraction of sp³-hybridized carbons (Fsp3) is 0.235. The molecule has 0 aromatic heterocycles. The fourth-order valence-corrected chi connectivity index (χ4v) is 6.46. The second kappa shape index (κ2) is 14.2. The van der Waals surface area contributed by atoms with Crippen LogP contribution < -0.4 is 24.8 Å². The van der Waals surface area contributed by atoms with E-state index in [9.17, 15) is 18.0 Å². The van der Waals surface area contributed by atoms with Crippen molar-refractivity contribution >= 4 is 33.2 Å². The van der Waals surface area contributed by atoms with E-state index in [1.54, 1.807) is 84.9 Å². The summed E-state index contributed by atoms with van der Waals surface area (Å²) in [6.45, 7) is 2.24. The third-order valence-electron chi connectivity index (χ3n) is 7.50. The largest absolute Gasteiger partial charge is 0.496 e. The molecular weight excluding hydrogens is 592 g/mol. The van der Waals surface area contributed by atoms with Crippen molar-refractivity contribution in [3.63, 3.8) is 0 Å². The Balaban J connectivity index is 1.27. The van der Waals surface area contributed by atoms with Crippen LogP contribution in [0.25, 0.3) is 11.1 Å². The van der Waals surface area contributed by atoms with E-state index >= 15 is 0 Å². The lowest BCUT2D eigenvalue weighted by molar-refractivity contribution is 0.0792. The van der Waals surface area contributed by atoms with Crippen LogP contribution in [0.1, 0.15) is 33.6 Å². The van der Waals surface area contributed by atoms with E-state index in [0.29, 0.717) is 46.9 Å². The number of sulfonamides is 1. The van der Waals surface area contributed by atoms with Crippen LogP contribution in [0.15, 0.2) is 95.9 Å². The number of rotatable bonds is 12. The molecular formula is C34H36N4O6S. The Labute approximate surface area is 263 Å². The number of para-hydroxylation sites is 1. The fourth-order valence-electron chi connectivity index (χ4n) is 5.21. The lowest BCUT2D eigenvalue weighted by Gasteiger charge is -2.16. The second-order valence-electron chi connectivity index (χ2n) is 10.5. The molecule has 1 aliphatic heterocycles. The molecule has 234 valence electrons. The van der Waals surface area contributed by atoms with E-state index in [1.807, 2.05) is 11.0 Å². The average molecular weight is 629 g/mol. The van der Waals surface area contributed by atoms with Gasteiger partial charge in [-0.25, -0.2) is 8.42 Å². The highest BCUT2D eigenvalue weighted by Crippen LogP contribution is 2.32. The lowest BCUT2D eigenvalue weighted by Crippen LogP contribution is -2.29. The van der Waals surface area contributed by atoms with Crippen molar-refractivity contribution in [3.05, 3.63) is 102 Å². The van der Waals surface area contributed by atoms with Crippen LogP contribution in [-0.2, 0) is 10.0 Å². The van der Waals surface area contributed by atoms with Gasteiger partial charge in [-0.05, 0) is 78.6 Å². The molecule has 0 radical (unpaired) electrons. The standard InChI is InChI=1S/C34H36N4O6S/c1-43-30-14-4-3-13-29(30)33(39)36-18-17-35-27-11-8-12-28(23-27)37-45(41,42)32-22-25(15-16-31(32)44-2)24-9-7-10-26(21-24)34(40)38-19-5-6-20-38/h3-4,7-16,21-23,35,37H,5-6,17-20H2,1-2H3,(H,36,39). The van der Waals surface area contributed by atoms with Crippen molar-refractivity contribution < 1.29 is 27.5 Å². The van der Waals surface area contributed by atoms with Crippen LogP contribution in [0.3, 0.4) is 0 Å². The molecule has 4 aromatic carbocycles. The molecule has 0 aliphatic carbocycles. The Morgan fingerprint density at radius 3 is 2.24 bits per heavy atom. The highest BCUT2D eigenvalue weighted by atomic mass is 32.2. The van der Waals surface area contributed by atoms with Crippen LogP contribution >= 0.6 is 0 Å². The summed E-state index contributed by atoms with van der Waals surface area (Å²) < 4.78 is 40.5. The first-order valence-corrected chi connectivity index (χ1v) is 16.1. The van der Waals surface area contributed by atoms with Crippen LogP contribution in [0.2, 0.25) is 0 Å². The Hall–Kier alpha value is -5.03. The predicted octanol–water partition coefficient (Wildman–Crippen LogP) is 5.25. The molecule has 0 atom stereocenters. The molecule has 2 amide bonds. The third kappa shape index (κ3) is 7.55. The summed E-state index contributed by atoms with van der Waals surface area (Å²) >= 11 is 0. The molecule has 10 nitrogen and oxygen atoms in total. The van der Waals surface area contributed by atoms with E-state index in [-0.39, 0.29) is 22.5 Å². The number of nitrogens with zero attached hydrogens (tertiary/aromatic N) is 1. The molecule has 0 unspecified atom stereocenters. The van der Waals surface area contributed by atoms with Crippen LogP contribution in [0.4, 0.5) is 11.4 Å². The maximum Gasteiger partial charge on any atom is 0.265 e. The summed E-state index contributed by atoms with van der Waals surface area (Å²) in [5.74, 6) is 0.406. The van der Waals surface area contributed by atoms with Gasteiger partial charge in [0.05, 0.1) is 25.5 Å². The summed E-state index contributed by atoms with van der Waals surface area (Å²) in [7, 11) is -1.13. The van der Waals surface area contributed by atoms with E-state index in [2.05, 4.69) is 15.4 Å². The maximum atomic E-state index is 13.6.